The molecule has 2 nitrogen and oxygen atoms in total. The van der Waals surface area contributed by atoms with Crippen LogP contribution in [-0.4, -0.2) is 17.5 Å². The van der Waals surface area contributed by atoms with E-state index in [0.29, 0.717) is 21.8 Å². The highest BCUT2D eigenvalue weighted by molar-refractivity contribution is 7.99. The minimum Gasteiger partial charge on any atom is -0.397 e. The molecular weight excluding hydrogens is 251 g/mol. The lowest BCUT2D eigenvalue weighted by Crippen LogP contribution is -2.18. The first kappa shape index (κ1) is 11.2. The molecule has 1 aromatic carbocycles. The van der Waals surface area contributed by atoms with Gasteiger partial charge >= 0.3 is 0 Å². The summed E-state index contributed by atoms with van der Waals surface area (Å²) >= 11 is 13.7. The number of hydrogen-bond acceptors (Lipinski definition) is 3. The number of hydrogen-bond donors (Lipinski definition) is 2. The molecule has 1 saturated heterocycles. The number of benzene rings is 1. The van der Waals surface area contributed by atoms with Gasteiger partial charge in [-0.1, -0.05) is 23.2 Å². The number of nitrogen functional groups attached to an aromatic ring is 1. The Bertz CT molecular complexity index is 365. The molecule has 1 atom stereocenters. The molecule has 1 fully saturated rings. The van der Waals surface area contributed by atoms with Crippen molar-refractivity contribution in [2.45, 2.75) is 12.5 Å². The first-order valence-electron chi connectivity index (χ1n) is 4.75. The normalized spacial score (nSPS) is 20.5. The topological polar surface area (TPSA) is 38.0 Å². The summed E-state index contributed by atoms with van der Waals surface area (Å²) < 4.78 is 0. The van der Waals surface area contributed by atoms with Gasteiger partial charge in [0.2, 0.25) is 0 Å². The maximum absolute atomic E-state index is 5.94. The molecule has 0 aromatic heterocycles. The third kappa shape index (κ3) is 2.65. The Hall–Kier alpha value is -0.250. The molecule has 0 bridgehead atoms. The molecule has 0 spiro atoms. The highest BCUT2D eigenvalue weighted by atomic mass is 35.5. The molecule has 82 valence electrons. The van der Waals surface area contributed by atoms with Crippen LogP contribution in [0.4, 0.5) is 11.4 Å². The van der Waals surface area contributed by atoms with Crippen LogP contribution in [0.25, 0.3) is 0 Å². The summed E-state index contributed by atoms with van der Waals surface area (Å²) in [4.78, 5) is 0. The summed E-state index contributed by atoms with van der Waals surface area (Å²) in [6.45, 7) is 0. The van der Waals surface area contributed by atoms with Gasteiger partial charge in [-0.2, -0.15) is 11.8 Å². The summed E-state index contributed by atoms with van der Waals surface area (Å²) in [7, 11) is 0. The quantitative estimate of drug-likeness (QED) is 0.802. The van der Waals surface area contributed by atoms with Crippen molar-refractivity contribution in [1.82, 2.24) is 0 Å². The second-order valence-corrected chi connectivity index (χ2v) is 5.52. The van der Waals surface area contributed by atoms with Gasteiger partial charge < -0.3 is 11.1 Å². The maximum atomic E-state index is 5.94. The van der Waals surface area contributed by atoms with E-state index in [4.69, 9.17) is 28.9 Å². The fraction of sp³-hybridized carbons (Fsp3) is 0.400. The standard InChI is InChI=1S/C10H12Cl2N2S/c11-7-3-9(13)10(4-8(7)12)14-6-1-2-15-5-6/h3-4,6,14H,1-2,5,13H2. The van der Waals surface area contributed by atoms with Crippen LogP contribution in [0.3, 0.4) is 0 Å². The fourth-order valence-electron chi connectivity index (χ4n) is 1.56. The second kappa shape index (κ2) is 4.73. The van der Waals surface area contributed by atoms with Crippen molar-refractivity contribution < 1.29 is 0 Å². The average molecular weight is 263 g/mol. The summed E-state index contributed by atoms with van der Waals surface area (Å²) in [5, 5.41) is 4.43. The molecule has 2 rings (SSSR count). The Balaban J connectivity index is 2.16. The van der Waals surface area contributed by atoms with Crippen LogP contribution >= 0.6 is 35.0 Å². The van der Waals surface area contributed by atoms with Gasteiger partial charge in [0.05, 0.1) is 21.4 Å². The lowest BCUT2D eigenvalue weighted by atomic mass is 10.2. The van der Waals surface area contributed by atoms with Crippen molar-refractivity contribution in [2.75, 3.05) is 22.6 Å². The number of nitrogens with one attached hydrogen (secondary N) is 1. The molecule has 15 heavy (non-hydrogen) atoms. The van der Waals surface area contributed by atoms with E-state index in [9.17, 15) is 0 Å². The molecule has 0 aliphatic carbocycles. The van der Waals surface area contributed by atoms with Crippen molar-refractivity contribution >= 4 is 46.3 Å². The number of anilines is 2. The van der Waals surface area contributed by atoms with Gasteiger partial charge in [0.25, 0.3) is 0 Å². The van der Waals surface area contributed by atoms with Crippen LogP contribution in [-0.2, 0) is 0 Å². The molecule has 1 aliphatic rings. The van der Waals surface area contributed by atoms with E-state index < -0.39 is 0 Å². The van der Waals surface area contributed by atoms with Gasteiger partial charge in [0.1, 0.15) is 0 Å². The minimum atomic E-state index is 0.495. The van der Waals surface area contributed by atoms with Crippen LogP contribution in [0.1, 0.15) is 6.42 Å². The van der Waals surface area contributed by atoms with E-state index >= 15 is 0 Å². The summed E-state index contributed by atoms with van der Waals surface area (Å²) in [6, 6.07) is 3.98. The van der Waals surface area contributed by atoms with Crippen molar-refractivity contribution in [1.29, 1.82) is 0 Å². The maximum Gasteiger partial charge on any atom is 0.0614 e. The largest absolute Gasteiger partial charge is 0.397 e. The molecular formula is C10H12Cl2N2S. The van der Waals surface area contributed by atoms with Crippen molar-refractivity contribution in [3.05, 3.63) is 22.2 Å². The number of halogens is 2. The van der Waals surface area contributed by atoms with Gasteiger partial charge in [0.15, 0.2) is 0 Å². The van der Waals surface area contributed by atoms with Crippen LogP contribution in [0.5, 0.6) is 0 Å². The fourth-order valence-corrected chi connectivity index (χ4v) is 3.04. The van der Waals surface area contributed by atoms with Crippen LogP contribution in [0, 0.1) is 0 Å². The lowest BCUT2D eigenvalue weighted by Gasteiger charge is -2.15. The van der Waals surface area contributed by atoms with Gasteiger partial charge in [-0.05, 0) is 24.3 Å². The van der Waals surface area contributed by atoms with Crippen molar-refractivity contribution in [3.8, 4) is 0 Å². The zero-order valence-electron chi connectivity index (χ0n) is 8.09. The first-order valence-corrected chi connectivity index (χ1v) is 6.66. The summed E-state index contributed by atoms with van der Waals surface area (Å²) in [5.74, 6) is 2.33. The van der Waals surface area contributed by atoms with E-state index in [-0.39, 0.29) is 0 Å². The molecule has 1 aromatic rings. The number of rotatable bonds is 2. The van der Waals surface area contributed by atoms with Crippen LogP contribution < -0.4 is 11.1 Å². The zero-order valence-corrected chi connectivity index (χ0v) is 10.4. The second-order valence-electron chi connectivity index (χ2n) is 3.56. The Morgan fingerprint density at radius 2 is 2.07 bits per heavy atom. The molecule has 0 amide bonds. The number of thioether (sulfide) groups is 1. The van der Waals surface area contributed by atoms with E-state index in [0.717, 1.165) is 11.4 Å². The third-order valence-corrected chi connectivity index (χ3v) is 4.27. The lowest BCUT2D eigenvalue weighted by molar-refractivity contribution is 0.813. The Morgan fingerprint density at radius 3 is 2.73 bits per heavy atom. The Labute approximate surface area is 104 Å². The van der Waals surface area contributed by atoms with Gasteiger partial charge in [-0.25, -0.2) is 0 Å². The summed E-state index contributed by atoms with van der Waals surface area (Å²) in [5.41, 5.74) is 7.40. The van der Waals surface area contributed by atoms with E-state index in [1.807, 2.05) is 11.8 Å². The molecule has 1 aliphatic heterocycles. The van der Waals surface area contributed by atoms with Crippen molar-refractivity contribution in [2.24, 2.45) is 0 Å². The minimum absolute atomic E-state index is 0.495. The van der Waals surface area contributed by atoms with E-state index in [1.54, 1.807) is 12.1 Å². The monoisotopic (exact) mass is 262 g/mol. The number of nitrogens with two attached hydrogens (primary N) is 1. The smallest absolute Gasteiger partial charge is 0.0614 e. The third-order valence-electron chi connectivity index (χ3n) is 2.38. The van der Waals surface area contributed by atoms with Crippen molar-refractivity contribution in [3.63, 3.8) is 0 Å². The van der Waals surface area contributed by atoms with Gasteiger partial charge in [-0.3, -0.25) is 0 Å². The van der Waals surface area contributed by atoms with E-state index in [1.165, 1.54) is 12.2 Å². The predicted octanol–water partition coefficient (Wildman–Crippen LogP) is 3.49. The van der Waals surface area contributed by atoms with Gasteiger partial charge in [0, 0.05) is 11.8 Å². The Morgan fingerprint density at radius 1 is 1.33 bits per heavy atom. The molecule has 1 unspecified atom stereocenters. The predicted molar refractivity (Wildman–Crippen MR) is 70.2 cm³/mol. The molecule has 5 heteroatoms. The summed E-state index contributed by atoms with van der Waals surface area (Å²) in [6.07, 6.45) is 1.17. The molecule has 3 N–H and O–H groups in total. The molecule has 0 radical (unpaired) electrons. The first-order chi connectivity index (χ1) is 7.16. The zero-order chi connectivity index (χ0) is 10.8. The van der Waals surface area contributed by atoms with E-state index in [2.05, 4.69) is 5.32 Å². The average Bonchev–Trinajstić information content (AvgIpc) is 2.67. The van der Waals surface area contributed by atoms with Gasteiger partial charge in [-0.15, -0.1) is 0 Å². The molecule has 1 heterocycles. The van der Waals surface area contributed by atoms with Crippen LogP contribution in [0.15, 0.2) is 12.1 Å². The Kier molecular flexibility index (Phi) is 3.54. The molecule has 0 saturated carbocycles. The SMILES string of the molecule is Nc1cc(Cl)c(Cl)cc1NC1CCSC1. The highest BCUT2D eigenvalue weighted by Crippen LogP contribution is 2.32. The highest BCUT2D eigenvalue weighted by Gasteiger charge is 2.16. The van der Waals surface area contributed by atoms with Crippen LogP contribution in [0.2, 0.25) is 10.0 Å².